The van der Waals surface area contributed by atoms with Gasteiger partial charge >= 0.3 is 0 Å². The van der Waals surface area contributed by atoms with Crippen LogP contribution in [0.2, 0.25) is 0 Å². The smallest absolute Gasteiger partial charge is 0.129 e. The summed E-state index contributed by atoms with van der Waals surface area (Å²) in [5, 5.41) is 10.7. The summed E-state index contributed by atoms with van der Waals surface area (Å²) in [6.07, 6.45) is 6.26. The van der Waals surface area contributed by atoms with Crippen molar-refractivity contribution in [2.75, 3.05) is 11.4 Å². The van der Waals surface area contributed by atoms with Crippen molar-refractivity contribution < 1.29 is 5.11 Å². The molecular weight excluding hydrogens is 260 g/mol. The molecule has 0 aliphatic carbocycles. The molecule has 2 aromatic rings. The fourth-order valence-corrected chi connectivity index (χ4v) is 3.45. The highest BCUT2D eigenvalue weighted by Crippen LogP contribution is 2.29. The van der Waals surface area contributed by atoms with Crippen LogP contribution in [0.5, 0.6) is 0 Å². The monoisotopic (exact) mass is 284 g/mol. The predicted molar refractivity (Wildman–Crippen MR) is 87.6 cm³/mol. The highest BCUT2D eigenvalue weighted by atomic mass is 16.3. The molecule has 1 aliphatic rings. The maximum Gasteiger partial charge on any atom is 0.129 e. The van der Waals surface area contributed by atoms with Crippen LogP contribution in [0.3, 0.4) is 0 Å². The van der Waals surface area contributed by atoms with Gasteiger partial charge in [-0.25, -0.2) is 4.98 Å². The standard InChI is InChI=1S/C18H24N2O/c1-2-7-15-8-5-6-11-20(15)18-12-14(13-21)16-9-3-4-10-17(16)19-18/h3-4,9-10,12,15,21H,2,5-8,11,13H2,1H3. The Morgan fingerprint density at radius 1 is 1.29 bits per heavy atom. The summed E-state index contributed by atoms with van der Waals surface area (Å²) < 4.78 is 0. The van der Waals surface area contributed by atoms with Gasteiger partial charge in [0.2, 0.25) is 0 Å². The molecule has 1 unspecified atom stereocenters. The molecule has 0 spiro atoms. The Morgan fingerprint density at radius 2 is 2.14 bits per heavy atom. The van der Waals surface area contributed by atoms with E-state index in [4.69, 9.17) is 4.98 Å². The minimum atomic E-state index is 0.0717. The lowest BCUT2D eigenvalue weighted by Gasteiger charge is -2.37. The fourth-order valence-electron chi connectivity index (χ4n) is 3.45. The van der Waals surface area contributed by atoms with Crippen LogP contribution in [0.15, 0.2) is 30.3 Å². The molecule has 1 atom stereocenters. The van der Waals surface area contributed by atoms with Crippen LogP contribution in [0, 0.1) is 0 Å². The fraction of sp³-hybridized carbons (Fsp3) is 0.500. The molecule has 3 nitrogen and oxygen atoms in total. The molecule has 1 aromatic heterocycles. The van der Waals surface area contributed by atoms with Crippen LogP contribution in [-0.2, 0) is 6.61 Å². The van der Waals surface area contributed by atoms with Crippen molar-refractivity contribution in [1.82, 2.24) is 4.98 Å². The van der Waals surface area contributed by atoms with Crippen molar-refractivity contribution in [3.8, 4) is 0 Å². The van der Waals surface area contributed by atoms with Crippen LogP contribution in [0.1, 0.15) is 44.6 Å². The molecule has 0 bridgehead atoms. The molecule has 1 N–H and O–H groups in total. The van der Waals surface area contributed by atoms with Gasteiger partial charge in [-0.2, -0.15) is 0 Å². The summed E-state index contributed by atoms with van der Waals surface area (Å²) in [5.41, 5.74) is 1.97. The number of para-hydroxylation sites is 1. The van der Waals surface area contributed by atoms with Crippen LogP contribution < -0.4 is 4.90 Å². The van der Waals surface area contributed by atoms with Crippen LogP contribution in [-0.4, -0.2) is 22.7 Å². The third-order valence-corrected chi connectivity index (χ3v) is 4.50. The minimum Gasteiger partial charge on any atom is -0.392 e. The van der Waals surface area contributed by atoms with Gasteiger partial charge in [-0.3, -0.25) is 0 Å². The molecule has 1 aliphatic heterocycles. The molecule has 0 radical (unpaired) electrons. The number of aliphatic hydroxyl groups excluding tert-OH is 1. The third-order valence-electron chi connectivity index (χ3n) is 4.50. The van der Waals surface area contributed by atoms with Gasteiger partial charge in [0.05, 0.1) is 12.1 Å². The zero-order valence-corrected chi connectivity index (χ0v) is 12.8. The van der Waals surface area contributed by atoms with Crippen molar-refractivity contribution in [3.63, 3.8) is 0 Å². The van der Waals surface area contributed by atoms with Crippen LogP contribution in [0.25, 0.3) is 10.9 Å². The highest BCUT2D eigenvalue weighted by molar-refractivity contribution is 5.84. The maximum absolute atomic E-state index is 9.68. The number of hydrogen-bond donors (Lipinski definition) is 1. The SMILES string of the molecule is CCCC1CCCCN1c1cc(CO)c2ccccc2n1. The van der Waals surface area contributed by atoms with E-state index in [1.807, 2.05) is 24.3 Å². The van der Waals surface area contributed by atoms with Gasteiger partial charge in [0.1, 0.15) is 5.82 Å². The first-order valence-electron chi connectivity index (χ1n) is 8.09. The minimum absolute atomic E-state index is 0.0717. The largest absolute Gasteiger partial charge is 0.392 e. The molecule has 1 aromatic carbocycles. The zero-order chi connectivity index (χ0) is 14.7. The first kappa shape index (κ1) is 14.3. The summed E-state index contributed by atoms with van der Waals surface area (Å²) in [4.78, 5) is 7.31. The predicted octanol–water partition coefficient (Wildman–Crippen LogP) is 3.89. The molecule has 3 rings (SSSR count). The number of aromatic nitrogens is 1. The molecule has 2 heterocycles. The lowest BCUT2D eigenvalue weighted by atomic mass is 9.98. The van der Waals surface area contributed by atoms with Gasteiger partial charge in [0, 0.05) is 18.0 Å². The summed E-state index contributed by atoms with van der Waals surface area (Å²) in [6, 6.07) is 10.8. The topological polar surface area (TPSA) is 36.4 Å². The van der Waals surface area contributed by atoms with Crippen molar-refractivity contribution >= 4 is 16.7 Å². The number of anilines is 1. The number of aliphatic hydroxyl groups is 1. The Balaban J connectivity index is 2.02. The normalized spacial score (nSPS) is 19.1. The van der Waals surface area contributed by atoms with Gasteiger partial charge in [0.25, 0.3) is 0 Å². The summed E-state index contributed by atoms with van der Waals surface area (Å²) >= 11 is 0. The Morgan fingerprint density at radius 3 is 2.95 bits per heavy atom. The molecular formula is C18H24N2O. The van der Waals surface area contributed by atoms with Crippen molar-refractivity contribution in [1.29, 1.82) is 0 Å². The van der Waals surface area contributed by atoms with E-state index < -0.39 is 0 Å². The number of pyridine rings is 1. The Labute approximate surface area is 126 Å². The molecule has 21 heavy (non-hydrogen) atoms. The first-order valence-corrected chi connectivity index (χ1v) is 8.09. The third kappa shape index (κ3) is 2.88. The molecule has 0 amide bonds. The van der Waals surface area contributed by atoms with E-state index in [1.54, 1.807) is 0 Å². The van der Waals surface area contributed by atoms with Gasteiger partial charge in [-0.1, -0.05) is 31.5 Å². The average molecular weight is 284 g/mol. The number of fused-ring (bicyclic) bond motifs is 1. The number of hydrogen-bond acceptors (Lipinski definition) is 3. The summed E-state index contributed by atoms with van der Waals surface area (Å²) in [5.74, 6) is 1.04. The van der Waals surface area contributed by atoms with Gasteiger partial charge in [-0.05, 0) is 43.4 Å². The maximum atomic E-state index is 9.68. The zero-order valence-electron chi connectivity index (χ0n) is 12.8. The lowest BCUT2D eigenvalue weighted by Crippen LogP contribution is -2.40. The molecule has 3 heteroatoms. The van der Waals surface area contributed by atoms with Gasteiger partial charge < -0.3 is 10.0 Å². The highest BCUT2D eigenvalue weighted by Gasteiger charge is 2.23. The molecule has 0 saturated carbocycles. The second kappa shape index (κ2) is 6.44. The quantitative estimate of drug-likeness (QED) is 0.925. The second-order valence-electron chi connectivity index (χ2n) is 5.95. The van der Waals surface area contributed by atoms with E-state index in [0.29, 0.717) is 6.04 Å². The van der Waals surface area contributed by atoms with Crippen molar-refractivity contribution in [2.45, 2.75) is 51.7 Å². The summed E-state index contributed by atoms with van der Waals surface area (Å²) in [7, 11) is 0. The van der Waals surface area contributed by atoms with E-state index in [2.05, 4.69) is 17.9 Å². The van der Waals surface area contributed by atoms with E-state index in [1.165, 1.54) is 32.1 Å². The average Bonchev–Trinajstić information content (AvgIpc) is 2.54. The number of piperidine rings is 1. The van der Waals surface area contributed by atoms with Crippen molar-refractivity contribution in [3.05, 3.63) is 35.9 Å². The Kier molecular flexibility index (Phi) is 4.39. The first-order chi connectivity index (χ1) is 10.3. The van der Waals surface area contributed by atoms with Gasteiger partial charge in [0.15, 0.2) is 0 Å². The summed E-state index contributed by atoms with van der Waals surface area (Å²) in [6.45, 7) is 3.41. The lowest BCUT2D eigenvalue weighted by molar-refractivity contribution is 0.283. The van der Waals surface area contributed by atoms with E-state index in [-0.39, 0.29) is 6.61 Å². The Hall–Kier alpha value is -1.61. The number of nitrogens with zero attached hydrogens (tertiary/aromatic N) is 2. The second-order valence-corrected chi connectivity index (χ2v) is 5.95. The molecule has 1 fully saturated rings. The van der Waals surface area contributed by atoms with E-state index in [9.17, 15) is 5.11 Å². The molecule has 112 valence electrons. The number of benzene rings is 1. The van der Waals surface area contributed by atoms with Crippen molar-refractivity contribution in [2.24, 2.45) is 0 Å². The molecule has 1 saturated heterocycles. The van der Waals surface area contributed by atoms with Crippen LogP contribution in [0.4, 0.5) is 5.82 Å². The Bertz CT molecular complexity index is 609. The van der Waals surface area contributed by atoms with E-state index in [0.717, 1.165) is 28.8 Å². The van der Waals surface area contributed by atoms with E-state index >= 15 is 0 Å². The number of rotatable bonds is 4. The van der Waals surface area contributed by atoms with Gasteiger partial charge in [-0.15, -0.1) is 0 Å². The van der Waals surface area contributed by atoms with Crippen LogP contribution >= 0.6 is 0 Å².